The largest absolute Gasteiger partial charge is 0.493 e. The fourth-order valence-electron chi connectivity index (χ4n) is 4.92. The highest BCUT2D eigenvalue weighted by molar-refractivity contribution is 7.99. The molecule has 0 saturated heterocycles. The highest BCUT2D eigenvalue weighted by Gasteiger charge is 2.31. The normalized spacial score (nSPS) is 17.0. The molecule has 7 nitrogen and oxygen atoms in total. The van der Waals surface area contributed by atoms with E-state index in [9.17, 15) is 4.79 Å². The minimum Gasteiger partial charge on any atom is -0.493 e. The number of aryl methyl sites for hydroxylation is 1. The summed E-state index contributed by atoms with van der Waals surface area (Å²) < 4.78 is 10.7. The Labute approximate surface area is 234 Å². The van der Waals surface area contributed by atoms with Crippen LogP contribution in [0.5, 0.6) is 11.5 Å². The van der Waals surface area contributed by atoms with Gasteiger partial charge in [-0.3, -0.25) is 4.79 Å². The van der Waals surface area contributed by atoms with E-state index in [2.05, 4.69) is 39.4 Å². The molecule has 3 aromatic rings. The summed E-state index contributed by atoms with van der Waals surface area (Å²) in [4.78, 5) is 24.0. The van der Waals surface area contributed by atoms with Crippen LogP contribution in [0.15, 0.2) is 60.0 Å². The van der Waals surface area contributed by atoms with Crippen molar-refractivity contribution in [2.45, 2.75) is 49.3 Å². The summed E-state index contributed by atoms with van der Waals surface area (Å²) in [5.41, 5.74) is 3.10. The molecular weight excluding hydrogens is 520 g/mol. The molecule has 1 N–H and O–H groups in total. The number of likely N-dealkylation sites (N-methyl/N-ethyl adjacent to an activating group) is 1. The fraction of sp³-hybridized carbons (Fsp3) is 0.414. The van der Waals surface area contributed by atoms with Crippen molar-refractivity contribution in [3.05, 3.63) is 65.4 Å². The summed E-state index contributed by atoms with van der Waals surface area (Å²) in [5, 5.41) is 4.60. The van der Waals surface area contributed by atoms with E-state index in [4.69, 9.17) is 21.1 Å². The van der Waals surface area contributed by atoms with Gasteiger partial charge in [-0.1, -0.05) is 41.6 Å². The van der Waals surface area contributed by atoms with E-state index in [1.807, 2.05) is 30.3 Å². The summed E-state index contributed by atoms with van der Waals surface area (Å²) in [6.45, 7) is 0.995. The van der Waals surface area contributed by atoms with Gasteiger partial charge in [0.15, 0.2) is 16.7 Å². The molecule has 1 heterocycles. The number of nitrogens with one attached hydrogen (secondary N) is 1. The molecule has 2 aromatic carbocycles. The molecule has 0 bridgehead atoms. The van der Waals surface area contributed by atoms with Crippen LogP contribution in [0.1, 0.15) is 31.2 Å². The van der Waals surface area contributed by atoms with Crippen LogP contribution in [-0.2, 0) is 11.2 Å². The number of aromatic nitrogens is 2. The van der Waals surface area contributed by atoms with E-state index in [0.29, 0.717) is 28.5 Å². The van der Waals surface area contributed by atoms with Crippen molar-refractivity contribution in [2.24, 2.45) is 0 Å². The van der Waals surface area contributed by atoms with Gasteiger partial charge in [0, 0.05) is 35.1 Å². The number of carbonyl (C=O) groups excluding carboxylic acids is 1. The summed E-state index contributed by atoms with van der Waals surface area (Å²) >= 11 is 7.34. The molecule has 38 heavy (non-hydrogen) atoms. The van der Waals surface area contributed by atoms with E-state index in [1.54, 1.807) is 26.6 Å². The molecule has 1 aromatic heterocycles. The van der Waals surface area contributed by atoms with Crippen LogP contribution in [0, 0.1) is 0 Å². The number of methoxy groups -OCH3 is 2. The third kappa shape index (κ3) is 7.62. The molecule has 1 fully saturated rings. The van der Waals surface area contributed by atoms with Crippen molar-refractivity contribution in [2.75, 3.05) is 33.6 Å². The van der Waals surface area contributed by atoms with E-state index in [0.717, 1.165) is 54.8 Å². The van der Waals surface area contributed by atoms with Crippen molar-refractivity contribution >= 4 is 29.3 Å². The second-order valence-corrected chi connectivity index (χ2v) is 10.9. The van der Waals surface area contributed by atoms with E-state index in [1.165, 1.54) is 17.3 Å². The SMILES string of the molecule is COc1ccc(-c2cnc(SCC(=O)NC3CCCC3N(C)CCCc3ccc(Cl)cc3)nc2)cc1OC. The van der Waals surface area contributed by atoms with E-state index in [-0.39, 0.29) is 11.9 Å². The maximum atomic E-state index is 12.7. The fourth-order valence-corrected chi connectivity index (χ4v) is 5.64. The monoisotopic (exact) mass is 554 g/mol. The number of carbonyl (C=O) groups is 1. The molecule has 1 aliphatic carbocycles. The molecule has 4 rings (SSSR count). The Kier molecular flexibility index (Phi) is 10.3. The number of benzene rings is 2. The molecule has 202 valence electrons. The molecule has 2 atom stereocenters. The van der Waals surface area contributed by atoms with Crippen molar-refractivity contribution < 1.29 is 14.3 Å². The van der Waals surface area contributed by atoms with Gasteiger partial charge in [-0.2, -0.15) is 0 Å². The average Bonchev–Trinajstić information content (AvgIpc) is 3.41. The zero-order valence-corrected chi connectivity index (χ0v) is 23.7. The van der Waals surface area contributed by atoms with Gasteiger partial charge in [-0.25, -0.2) is 9.97 Å². The number of amides is 1. The van der Waals surface area contributed by atoms with Crippen molar-refractivity contribution in [3.63, 3.8) is 0 Å². The van der Waals surface area contributed by atoms with Crippen LogP contribution in [0.25, 0.3) is 11.1 Å². The summed E-state index contributed by atoms with van der Waals surface area (Å²) in [6, 6.07) is 14.3. The molecule has 9 heteroatoms. The molecular formula is C29H35ClN4O3S. The van der Waals surface area contributed by atoms with Crippen LogP contribution in [0.2, 0.25) is 5.02 Å². The maximum Gasteiger partial charge on any atom is 0.230 e. The second kappa shape index (κ2) is 13.8. The Morgan fingerprint density at radius 1 is 1.05 bits per heavy atom. The lowest BCUT2D eigenvalue weighted by atomic mass is 10.1. The van der Waals surface area contributed by atoms with Gasteiger partial charge in [0.2, 0.25) is 5.91 Å². The highest BCUT2D eigenvalue weighted by Crippen LogP contribution is 2.32. The van der Waals surface area contributed by atoms with Gasteiger partial charge in [0.1, 0.15) is 0 Å². The van der Waals surface area contributed by atoms with Crippen molar-refractivity contribution in [3.8, 4) is 22.6 Å². The number of rotatable bonds is 12. The minimum atomic E-state index is 0.0223. The second-order valence-electron chi connectivity index (χ2n) is 9.50. The average molecular weight is 555 g/mol. The van der Waals surface area contributed by atoms with Crippen LogP contribution in [0.4, 0.5) is 0 Å². The Bertz CT molecular complexity index is 1190. The summed E-state index contributed by atoms with van der Waals surface area (Å²) in [5.74, 6) is 1.63. The first-order valence-corrected chi connectivity index (χ1v) is 14.2. The predicted octanol–water partition coefficient (Wildman–Crippen LogP) is 5.51. The number of halogens is 1. The molecule has 1 aliphatic rings. The number of ether oxygens (including phenoxy) is 2. The first kappa shape index (κ1) is 28.2. The number of hydrogen-bond donors (Lipinski definition) is 1. The van der Waals surface area contributed by atoms with Gasteiger partial charge >= 0.3 is 0 Å². The lowest BCUT2D eigenvalue weighted by molar-refractivity contribution is -0.119. The van der Waals surface area contributed by atoms with E-state index < -0.39 is 0 Å². The van der Waals surface area contributed by atoms with Crippen LogP contribution in [0.3, 0.4) is 0 Å². The molecule has 0 radical (unpaired) electrons. The third-order valence-electron chi connectivity index (χ3n) is 6.96. The predicted molar refractivity (Wildman–Crippen MR) is 153 cm³/mol. The summed E-state index contributed by atoms with van der Waals surface area (Å²) in [6.07, 6.45) is 8.87. The molecule has 0 spiro atoms. The molecule has 2 unspecified atom stereocenters. The minimum absolute atomic E-state index is 0.0223. The summed E-state index contributed by atoms with van der Waals surface area (Å²) in [7, 11) is 5.38. The number of nitrogens with zero attached hydrogens (tertiary/aromatic N) is 3. The Morgan fingerprint density at radius 3 is 2.50 bits per heavy atom. The van der Waals surface area contributed by atoms with E-state index >= 15 is 0 Å². The smallest absolute Gasteiger partial charge is 0.230 e. The molecule has 1 saturated carbocycles. The van der Waals surface area contributed by atoms with Gasteiger partial charge in [-0.15, -0.1) is 0 Å². The number of hydrogen-bond acceptors (Lipinski definition) is 7. The first-order valence-electron chi connectivity index (χ1n) is 12.9. The Balaban J connectivity index is 1.23. The third-order valence-corrected chi connectivity index (χ3v) is 8.09. The lowest BCUT2D eigenvalue weighted by Gasteiger charge is -2.30. The highest BCUT2D eigenvalue weighted by atomic mass is 35.5. The standard InChI is InChI=1S/C29H35ClN4O3S/c1-34(15-5-6-20-9-12-23(30)13-10-20)25-8-4-7-24(25)33-28(35)19-38-29-31-17-22(18-32-29)21-11-14-26(36-2)27(16-21)37-3/h9-14,16-18,24-25H,4-8,15,19H2,1-3H3,(H,33,35). The molecule has 1 amide bonds. The van der Waals surface area contributed by atoms with Gasteiger partial charge in [0.05, 0.1) is 20.0 Å². The van der Waals surface area contributed by atoms with Crippen molar-refractivity contribution in [1.82, 2.24) is 20.2 Å². The topological polar surface area (TPSA) is 76.6 Å². The van der Waals surface area contributed by atoms with Gasteiger partial charge in [0.25, 0.3) is 0 Å². The van der Waals surface area contributed by atoms with Crippen molar-refractivity contribution in [1.29, 1.82) is 0 Å². The number of thioether (sulfide) groups is 1. The maximum absolute atomic E-state index is 12.7. The zero-order chi connectivity index (χ0) is 26.9. The molecule has 0 aliphatic heterocycles. The Hall–Kier alpha value is -2.81. The lowest BCUT2D eigenvalue weighted by Crippen LogP contribution is -2.48. The zero-order valence-electron chi connectivity index (χ0n) is 22.2. The first-order chi connectivity index (χ1) is 18.5. The van der Waals surface area contributed by atoms with Crippen LogP contribution < -0.4 is 14.8 Å². The van der Waals surface area contributed by atoms with Gasteiger partial charge in [-0.05, 0) is 81.1 Å². The van der Waals surface area contributed by atoms with Gasteiger partial charge < -0.3 is 19.7 Å². The van der Waals surface area contributed by atoms with Crippen LogP contribution in [-0.4, -0.2) is 66.4 Å². The Morgan fingerprint density at radius 2 is 1.79 bits per heavy atom. The quantitative estimate of drug-likeness (QED) is 0.234. The van der Waals surface area contributed by atoms with Crippen LogP contribution >= 0.6 is 23.4 Å².